The zero-order chi connectivity index (χ0) is 30.9. The van der Waals surface area contributed by atoms with Gasteiger partial charge in [-0.05, 0) is 43.7 Å². The quantitative estimate of drug-likeness (QED) is 0.162. The number of alkyl halides is 1. The lowest BCUT2D eigenvalue weighted by Gasteiger charge is -2.14. The van der Waals surface area contributed by atoms with Gasteiger partial charge in [-0.2, -0.15) is 4.39 Å². The fraction of sp³-hybridized carbons (Fsp3) is 0.250. The zero-order valence-corrected chi connectivity index (χ0v) is 23.5. The average molecular weight is 625 g/mol. The SMILES string of the molecule is CNc1nccc(-c2cccnc2Oc2cc(F)c(NS(=O)Cc3ccc(F)cc3F)c(F)c2F)n1.FC1CCCNC1. The molecule has 0 spiro atoms. The number of hydrogen-bond donors (Lipinski definition) is 3. The molecule has 15 heteroatoms. The summed E-state index contributed by atoms with van der Waals surface area (Å²) < 4.78 is 103. The molecule has 1 saturated heterocycles. The van der Waals surface area contributed by atoms with Gasteiger partial charge in [0.15, 0.2) is 17.4 Å². The van der Waals surface area contributed by atoms with Crippen LogP contribution < -0.4 is 20.1 Å². The molecule has 1 aliphatic heterocycles. The number of nitrogens with one attached hydrogen (secondary N) is 3. The normalized spacial score (nSPS) is 15.2. The molecule has 1 aliphatic rings. The van der Waals surface area contributed by atoms with Gasteiger partial charge in [0.25, 0.3) is 0 Å². The van der Waals surface area contributed by atoms with Gasteiger partial charge < -0.3 is 15.4 Å². The standard InChI is InChI=1S/C23H16F5N5O2S.C5H10FN/c1-29-23-31-8-6-17(32-23)14-3-2-7-30-22(14)35-18-10-16(26)21(20(28)19(18)27)33-36(34)11-12-4-5-13(24)9-15(12)25;6-5-2-1-3-7-4-5/h2-10,33H,11H2,1H3,(H,29,31,32);5,7H,1-4H2. The van der Waals surface area contributed by atoms with E-state index in [1.165, 1.54) is 18.5 Å². The van der Waals surface area contributed by atoms with Crippen molar-refractivity contribution in [2.24, 2.45) is 0 Å². The van der Waals surface area contributed by atoms with E-state index in [4.69, 9.17) is 4.74 Å². The Kier molecular flexibility index (Phi) is 10.9. The van der Waals surface area contributed by atoms with Crippen molar-refractivity contribution in [3.8, 4) is 22.9 Å². The molecule has 0 aliphatic carbocycles. The van der Waals surface area contributed by atoms with Crippen LogP contribution in [0.3, 0.4) is 0 Å². The molecule has 43 heavy (non-hydrogen) atoms. The number of anilines is 2. The predicted molar refractivity (Wildman–Crippen MR) is 150 cm³/mol. The largest absolute Gasteiger partial charge is 0.435 e. The first-order valence-electron chi connectivity index (χ1n) is 12.9. The molecule has 0 bridgehead atoms. The van der Waals surface area contributed by atoms with E-state index in [9.17, 15) is 30.6 Å². The van der Waals surface area contributed by atoms with E-state index in [0.717, 1.165) is 31.5 Å². The molecule has 0 amide bonds. The lowest BCUT2D eigenvalue weighted by atomic mass is 10.1. The van der Waals surface area contributed by atoms with Crippen LogP contribution in [-0.4, -0.2) is 45.5 Å². The van der Waals surface area contributed by atoms with Gasteiger partial charge in [0.05, 0.1) is 17.0 Å². The maximum absolute atomic E-state index is 14.8. The lowest BCUT2D eigenvalue weighted by molar-refractivity contribution is 0.266. The molecule has 5 rings (SSSR count). The van der Waals surface area contributed by atoms with Crippen LogP contribution in [0.4, 0.5) is 38.0 Å². The van der Waals surface area contributed by atoms with Crippen molar-refractivity contribution in [3.63, 3.8) is 0 Å². The number of halogens is 6. The van der Waals surface area contributed by atoms with Crippen LogP contribution in [0, 0.1) is 29.1 Å². The van der Waals surface area contributed by atoms with Crippen molar-refractivity contribution in [1.82, 2.24) is 20.3 Å². The number of rotatable bonds is 8. The van der Waals surface area contributed by atoms with Crippen molar-refractivity contribution in [2.75, 3.05) is 30.2 Å². The highest BCUT2D eigenvalue weighted by atomic mass is 32.2. The molecule has 4 aromatic rings. The first kappa shape index (κ1) is 31.7. The second-order valence-electron chi connectivity index (χ2n) is 9.10. The summed E-state index contributed by atoms with van der Waals surface area (Å²) in [5.41, 5.74) is -0.574. The van der Waals surface area contributed by atoms with Crippen molar-refractivity contribution in [2.45, 2.75) is 24.8 Å². The van der Waals surface area contributed by atoms with Gasteiger partial charge in [0.1, 0.15) is 34.5 Å². The van der Waals surface area contributed by atoms with E-state index < -0.39 is 63.4 Å². The Labute approximate surface area is 245 Å². The first-order valence-corrected chi connectivity index (χ1v) is 14.2. The maximum Gasteiger partial charge on any atom is 0.228 e. The van der Waals surface area contributed by atoms with E-state index in [2.05, 4.69) is 25.6 Å². The van der Waals surface area contributed by atoms with Crippen LogP contribution in [-0.2, 0) is 16.7 Å². The van der Waals surface area contributed by atoms with Crippen LogP contribution in [0.5, 0.6) is 11.6 Å². The summed E-state index contributed by atoms with van der Waals surface area (Å²) in [6.45, 7) is 1.57. The van der Waals surface area contributed by atoms with Crippen molar-refractivity contribution < 1.29 is 35.3 Å². The van der Waals surface area contributed by atoms with Gasteiger partial charge >= 0.3 is 0 Å². The zero-order valence-electron chi connectivity index (χ0n) is 22.6. The summed E-state index contributed by atoms with van der Waals surface area (Å²) in [6, 6.07) is 7.76. The summed E-state index contributed by atoms with van der Waals surface area (Å²) in [5, 5.41) is 5.72. The lowest BCUT2D eigenvalue weighted by Crippen LogP contribution is -2.30. The third-order valence-corrected chi connectivity index (χ3v) is 7.02. The molecule has 2 unspecified atom stereocenters. The number of hydrogen-bond acceptors (Lipinski definition) is 7. The van der Waals surface area contributed by atoms with Crippen LogP contribution in [0.2, 0.25) is 0 Å². The highest BCUT2D eigenvalue weighted by Crippen LogP contribution is 2.35. The van der Waals surface area contributed by atoms with E-state index in [1.807, 2.05) is 4.72 Å². The molecule has 2 aromatic heterocycles. The van der Waals surface area contributed by atoms with Crippen LogP contribution in [0.25, 0.3) is 11.3 Å². The van der Waals surface area contributed by atoms with Gasteiger partial charge in [-0.3, -0.25) is 4.72 Å². The molecule has 0 saturated carbocycles. The number of aromatic nitrogens is 3. The third kappa shape index (κ3) is 8.41. The third-order valence-electron chi connectivity index (χ3n) is 6.01. The number of pyridine rings is 1. The molecule has 8 nitrogen and oxygen atoms in total. The molecule has 1 fully saturated rings. The van der Waals surface area contributed by atoms with Crippen molar-refractivity contribution in [3.05, 3.63) is 89.5 Å². The topological polar surface area (TPSA) is 101 Å². The molecular formula is C28H26F6N6O2S. The number of ether oxygens (including phenoxy) is 1. The van der Waals surface area contributed by atoms with Crippen molar-refractivity contribution in [1.29, 1.82) is 0 Å². The second-order valence-corrected chi connectivity index (χ2v) is 10.3. The van der Waals surface area contributed by atoms with E-state index in [0.29, 0.717) is 29.9 Å². The fourth-order valence-corrected chi connectivity index (χ4v) is 4.88. The van der Waals surface area contributed by atoms with Gasteiger partial charge in [-0.25, -0.2) is 41.1 Å². The predicted octanol–water partition coefficient (Wildman–Crippen LogP) is 6.05. The van der Waals surface area contributed by atoms with Gasteiger partial charge in [0, 0.05) is 43.7 Å². The van der Waals surface area contributed by atoms with Crippen LogP contribution >= 0.6 is 0 Å². The average Bonchev–Trinajstić information content (AvgIpc) is 3.00. The second kappa shape index (κ2) is 14.8. The first-order chi connectivity index (χ1) is 20.7. The van der Waals surface area contributed by atoms with Crippen LogP contribution in [0.15, 0.2) is 54.9 Å². The molecule has 3 heterocycles. The number of piperidine rings is 1. The highest BCUT2D eigenvalue weighted by molar-refractivity contribution is 7.85. The Bertz CT molecular complexity index is 1590. The van der Waals surface area contributed by atoms with Gasteiger partial charge in [0.2, 0.25) is 17.6 Å². The summed E-state index contributed by atoms with van der Waals surface area (Å²) in [7, 11) is -0.666. The maximum atomic E-state index is 14.8. The van der Waals surface area contributed by atoms with Crippen molar-refractivity contribution >= 4 is 22.6 Å². The molecule has 2 aromatic carbocycles. The fourth-order valence-electron chi connectivity index (χ4n) is 3.88. The van der Waals surface area contributed by atoms with E-state index in [-0.39, 0.29) is 17.4 Å². The summed E-state index contributed by atoms with van der Waals surface area (Å²) in [4.78, 5) is 12.2. The van der Waals surface area contributed by atoms with Crippen LogP contribution in [0.1, 0.15) is 18.4 Å². The summed E-state index contributed by atoms with van der Waals surface area (Å²) in [6.07, 6.45) is 3.98. The molecule has 3 N–H and O–H groups in total. The molecule has 228 valence electrons. The Morgan fingerprint density at radius 1 is 1.02 bits per heavy atom. The number of nitrogens with zero attached hydrogens (tertiary/aromatic N) is 3. The minimum absolute atomic E-state index is 0.169. The molecule has 2 atom stereocenters. The molecule has 0 radical (unpaired) electrons. The smallest absolute Gasteiger partial charge is 0.228 e. The monoisotopic (exact) mass is 624 g/mol. The van der Waals surface area contributed by atoms with Gasteiger partial charge in [-0.15, -0.1) is 0 Å². The summed E-state index contributed by atoms with van der Waals surface area (Å²) >= 11 is 0. The Balaban J connectivity index is 0.000000530. The highest BCUT2D eigenvalue weighted by Gasteiger charge is 2.23. The Morgan fingerprint density at radius 3 is 2.51 bits per heavy atom. The van der Waals surface area contributed by atoms with E-state index in [1.54, 1.807) is 19.2 Å². The minimum Gasteiger partial charge on any atom is -0.435 e. The summed E-state index contributed by atoms with van der Waals surface area (Å²) in [5.74, 6) is -7.74. The Hall–Kier alpha value is -4.24. The van der Waals surface area contributed by atoms with E-state index >= 15 is 0 Å². The Morgan fingerprint density at radius 2 is 1.84 bits per heavy atom. The van der Waals surface area contributed by atoms with Gasteiger partial charge in [-0.1, -0.05) is 6.07 Å². The number of benzene rings is 2. The molecular weight excluding hydrogens is 598 g/mol. The minimum atomic E-state index is -2.28.